The number of hydrogen-bond donors (Lipinski definition) is 0. The summed E-state index contributed by atoms with van der Waals surface area (Å²) in [7, 11) is -3.50. The van der Waals surface area contributed by atoms with Gasteiger partial charge in [-0.05, 0) is 25.1 Å². The Balaban J connectivity index is 2.75. The van der Waals surface area contributed by atoms with Crippen molar-refractivity contribution in [3.63, 3.8) is 0 Å². The van der Waals surface area contributed by atoms with E-state index in [0.717, 1.165) is 11.2 Å². The van der Waals surface area contributed by atoms with E-state index in [-0.39, 0.29) is 11.5 Å². The van der Waals surface area contributed by atoms with Crippen LogP contribution in [0.4, 0.5) is 0 Å². The predicted octanol–water partition coefficient (Wildman–Crippen LogP) is 1.71. The molecule has 0 heterocycles. The molecule has 0 aliphatic rings. The smallest absolute Gasteiger partial charge is 0.306 e. The highest BCUT2D eigenvalue weighted by Crippen LogP contribution is 2.23. The average molecular weight is 260 g/mol. The van der Waals surface area contributed by atoms with Gasteiger partial charge in [-0.3, -0.25) is 4.79 Å². The summed E-state index contributed by atoms with van der Waals surface area (Å²) in [6, 6.07) is 6.62. The summed E-state index contributed by atoms with van der Waals surface area (Å²) < 4.78 is 26.5. The Morgan fingerprint density at radius 1 is 1.44 bits per heavy atom. The number of hydrogen-bond acceptors (Lipinski definition) is 5. The maximum Gasteiger partial charge on any atom is 0.306 e. The Morgan fingerprint density at radius 2 is 2.12 bits per heavy atom. The van der Waals surface area contributed by atoms with Gasteiger partial charge in [-0.2, -0.15) is 8.42 Å². The van der Waals surface area contributed by atoms with Crippen LogP contribution < -0.4 is 4.18 Å². The maximum absolute atomic E-state index is 10.9. The second-order valence-electron chi connectivity index (χ2n) is 3.25. The van der Waals surface area contributed by atoms with Crippen molar-refractivity contribution in [3.8, 4) is 5.75 Å². The van der Waals surface area contributed by atoms with Crippen molar-refractivity contribution in [2.45, 2.75) is 11.8 Å². The van der Waals surface area contributed by atoms with E-state index in [2.05, 4.69) is 0 Å². The van der Waals surface area contributed by atoms with Crippen LogP contribution >= 0.6 is 11.8 Å². The van der Waals surface area contributed by atoms with Crippen LogP contribution in [0.5, 0.6) is 5.75 Å². The first kappa shape index (κ1) is 13.1. The zero-order chi connectivity index (χ0) is 12.2. The van der Waals surface area contributed by atoms with Crippen molar-refractivity contribution >= 4 is 27.7 Å². The van der Waals surface area contributed by atoms with Crippen molar-refractivity contribution in [1.82, 2.24) is 0 Å². The van der Waals surface area contributed by atoms with Crippen LogP contribution in [0.1, 0.15) is 6.92 Å². The first-order valence-corrected chi connectivity index (χ1v) is 7.29. The first-order chi connectivity index (χ1) is 7.37. The maximum atomic E-state index is 10.9. The SMILES string of the molecule is CC(=O)CSc1cccc(OS(C)(=O)=O)c1. The molecule has 1 aromatic rings. The number of ketones is 1. The van der Waals surface area contributed by atoms with Gasteiger partial charge in [0.15, 0.2) is 0 Å². The molecule has 0 N–H and O–H groups in total. The fourth-order valence-electron chi connectivity index (χ4n) is 0.976. The normalized spacial score (nSPS) is 11.1. The number of thioether (sulfide) groups is 1. The molecular weight excluding hydrogens is 248 g/mol. The second kappa shape index (κ2) is 5.36. The highest BCUT2D eigenvalue weighted by atomic mass is 32.2. The van der Waals surface area contributed by atoms with Crippen molar-refractivity contribution in [2.75, 3.05) is 12.0 Å². The molecule has 0 aromatic heterocycles. The van der Waals surface area contributed by atoms with E-state index in [1.165, 1.54) is 18.7 Å². The fourth-order valence-corrected chi connectivity index (χ4v) is 2.17. The lowest BCUT2D eigenvalue weighted by atomic mass is 10.3. The largest absolute Gasteiger partial charge is 0.383 e. The number of carbonyl (C=O) groups excluding carboxylic acids is 1. The van der Waals surface area contributed by atoms with Gasteiger partial charge in [0.05, 0.1) is 12.0 Å². The molecule has 0 unspecified atom stereocenters. The Morgan fingerprint density at radius 3 is 2.69 bits per heavy atom. The minimum Gasteiger partial charge on any atom is -0.383 e. The van der Waals surface area contributed by atoms with Gasteiger partial charge < -0.3 is 4.18 Å². The minimum absolute atomic E-state index is 0.0689. The molecule has 1 rings (SSSR count). The van der Waals surface area contributed by atoms with Gasteiger partial charge in [-0.25, -0.2) is 0 Å². The average Bonchev–Trinajstić information content (AvgIpc) is 2.12. The van der Waals surface area contributed by atoms with E-state index in [4.69, 9.17) is 4.18 Å². The predicted molar refractivity (Wildman–Crippen MR) is 63.3 cm³/mol. The zero-order valence-corrected chi connectivity index (χ0v) is 10.6. The summed E-state index contributed by atoms with van der Waals surface area (Å²) in [5, 5.41) is 0. The van der Waals surface area contributed by atoms with Crippen molar-refractivity contribution in [3.05, 3.63) is 24.3 Å². The molecule has 4 nitrogen and oxygen atoms in total. The summed E-state index contributed by atoms with van der Waals surface area (Å²) in [6.45, 7) is 1.50. The molecule has 88 valence electrons. The molecule has 6 heteroatoms. The standard InChI is InChI=1S/C10H12O4S2/c1-8(11)7-15-10-5-3-4-9(6-10)14-16(2,12)13/h3-6H,7H2,1-2H3. The molecule has 1 aromatic carbocycles. The van der Waals surface area contributed by atoms with E-state index in [1.54, 1.807) is 24.3 Å². The van der Waals surface area contributed by atoms with Crippen LogP contribution in [0.25, 0.3) is 0 Å². The lowest BCUT2D eigenvalue weighted by Crippen LogP contribution is -2.05. The quantitative estimate of drug-likeness (QED) is 0.596. The third-order valence-electron chi connectivity index (χ3n) is 1.50. The third kappa shape index (κ3) is 5.18. The Labute approximate surface area is 99.1 Å². The molecule has 16 heavy (non-hydrogen) atoms. The van der Waals surface area contributed by atoms with Crippen molar-refractivity contribution in [1.29, 1.82) is 0 Å². The number of benzene rings is 1. The topological polar surface area (TPSA) is 60.4 Å². The van der Waals surface area contributed by atoms with Gasteiger partial charge in [0.2, 0.25) is 0 Å². The molecule has 0 spiro atoms. The Bertz CT molecular complexity index is 479. The Kier molecular flexibility index (Phi) is 4.37. The van der Waals surface area contributed by atoms with E-state index in [0.29, 0.717) is 5.75 Å². The monoisotopic (exact) mass is 260 g/mol. The van der Waals surface area contributed by atoms with Crippen LogP contribution in [0, 0.1) is 0 Å². The third-order valence-corrected chi connectivity index (χ3v) is 3.13. The van der Waals surface area contributed by atoms with Crippen molar-refractivity contribution < 1.29 is 17.4 Å². The van der Waals surface area contributed by atoms with Gasteiger partial charge in [-0.15, -0.1) is 11.8 Å². The van der Waals surface area contributed by atoms with Crippen LogP contribution in [0.3, 0.4) is 0 Å². The van der Waals surface area contributed by atoms with Gasteiger partial charge in [-0.1, -0.05) is 6.07 Å². The zero-order valence-electron chi connectivity index (χ0n) is 8.97. The summed E-state index contributed by atoms with van der Waals surface area (Å²) in [5.41, 5.74) is 0. The molecule has 0 fully saturated rings. The number of rotatable bonds is 5. The minimum atomic E-state index is -3.50. The van der Waals surface area contributed by atoms with Crippen molar-refractivity contribution in [2.24, 2.45) is 0 Å². The van der Waals surface area contributed by atoms with Gasteiger partial charge in [0.25, 0.3) is 0 Å². The summed E-state index contributed by atoms with van der Waals surface area (Å²) >= 11 is 1.34. The number of Topliss-reactive ketones (excluding diaryl/α,β-unsaturated/α-hetero) is 1. The first-order valence-electron chi connectivity index (χ1n) is 4.48. The molecule has 0 aliphatic carbocycles. The lowest BCUT2D eigenvalue weighted by Gasteiger charge is -2.04. The molecule has 0 amide bonds. The summed E-state index contributed by atoms with van der Waals surface area (Å²) in [4.78, 5) is 11.6. The lowest BCUT2D eigenvalue weighted by molar-refractivity contribution is -0.114. The highest BCUT2D eigenvalue weighted by molar-refractivity contribution is 8.00. The van der Waals surface area contributed by atoms with Crippen LogP contribution in [0.15, 0.2) is 29.2 Å². The van der Waals surface area contributed by atoms with E-state index < -0.39 is 10.1 Å². The van der Waals surface area contributed by atoms with Gasteiger partial charge in [0, 0.05) is 4.90 Å². The molecule has 0 saturated carbocycles. The van der Waals surface area contributed by atoms with E-state index in [1.807, 2.05) is 0 Å². The molecule has 0 saturated heterocycles. The van der Waals surface area contributed by atoms with Crippen LogP contribution in [-0.2, 0) is 14.9 Å². The van der Waals surface area contributed by atoms with E-state index >= 15 is 0 Å². The Hall–Kier alpha value is -1.01. The molecule has 0 bridgehead atoms. The molecule has 0 aliphatic heterocycles. The van der Waals surface area contributed by atoms with Gasteiger partial charge in [0.1, 0.15) is 11.5 Å². The van der Waals surface area contributed by atoms with Crippen LogP contribution in [0.2, 0.25) is 0 Å². The highest BCUT2D eigenvalue weighted by Gasteiger charge is 2.05. The van der Waals surface area contributed by atoms with E-state index in [9.17, 15) is 13.2 Å². The summed E-state index contributed by atoms with van der Waals surface area (Å²) in [5.74, 6) is 0.693. The molecular formula is C10H12O4S2. The van der Waals surface area contributed by atoms with Crippen LogP contribution in [-0.4, -0.2) is 26.2 Å². The second-order valence-corrected chi connectivity index (χ2v) is 5.88. The fraction of sp³-hybridized carbons (Fsp3) is 0.300. The molecule has 0 radical (unpaired) electrons. The molecule has 0 atom stereocenters. The number of carbonyl (C=O) groups is 1. The van der Waals surface area contributed by atoms with Gasteiger partial charge >= 0.3 is 10.1 Å². The summed E-state index contributed by atoms with van der Waals surface area (Å²) in [6.07, 6.45) is 0.988.